The van der Waals surface area contributed by atoms with Gasteiger partial charge in [0, 0.05) is 0 Å². The highest BCUT2D eigenvalue weighted by Crippen LogP contribution is 2.23. The number of carbonyl (C=O) groups excluding carboxylic acids is 2. The van der Waals surface area contributed by atoms with Crippen molar-refractivity contribution in [3.8, 4) is 0 Å². The smallest absolute Gasteiger partial charge is 0.240 e. The van der Waals surface area contributed by atoms with Crippen molar-refractivity contribution in [3.05, 3.63) is 0 Å². The van der Waals surface area contributed by atoms with Crippen molar-refractivity contribution in [1.82, 2.24) is 10.2 Å². The van der Waals surface area contributed by atoms with Gasteiger partial charge in [-0.25, -0.2) is 0 Å². The maximum absolute atomic E-state index is 12.3. The topological polar surface area (TPSA) is 49.4 Å². The largest absolute Gasteiger partial charge is 0.341 e. The molecule has 1 saturated heterocycles. The molecule has 2 atom stereocenters. The van der Waals surface area contributed by atoms with Crippen LogP contribution in [0, 0.1) is 5.41 Å². The highest BCUT2D eigenvalue weighted by molar-refractivity contribution is 6.38. The van der Waals surface area contributed by atoms with Gasteiger partial charge in [-0.15, -0.1) is 0 Å². The third-order valence-corrected chi connectivity index (χ3v) is 2.98. The first-order valence-electron chi connectivity index (χ1n) is 5.66. The predicted octanol–water partition coefficient (Wildman–Crippen LogP) is 0.110. The molecule has 0 aromatic rings. The first-order chi connectivity index (χ1) is 7.41. The molecule has 1 heterocycles. The van der Waals surface area contributed by atoms with Gasteiger partial charge in [-0.05, 0) is 18.9 Å². The van der Waals surface area contributed by atoms with Crippen LogP contribution in [-0.4, -0.2) is 49.9 Å². The summed E-state index contributed by atoms with van der Waals surface area (Å²) in [5.41, 5.74) is -0.151. The van der Waals surface area contributed by atoms with Crippen LogP contribution in [0.25, 0.3) is 0 Å². The lowest BCUT2D eigenvalue weighted by molar-refractivity contribution is -0.138. The molecule has 0 saturated carbocycles. The van der Waals surface area contributed by atoms with Crippen molar-refractivity contribution in [2.75, 3.05) is 13.5 Å². The van der Waals surface area contributed by atoms with Crippen LogP contribution in [0.3, 0.4) is 0 Å². The number of amides is 1. The Bertz CT molecular complexity index is 276. The summed E-state index contributed by atoms with van der Waals surface area (Å²) in [7, 11) is 3.76. The Morgan fingerprint density at radius 3 is 2.62 bits per heavy atom. The lowest BCUT2D eigenvalue weighted by atomic mass is 9.77. The van der Waals surface area contributed by atoms with Crippen LogP contribution in [0.1, 0.15) is 20.8 Å². The second kappa shape index (κ2) is 5.00. The SMILES string of the molecule is CNC(C(=O)N1C[B]CC1C=O)C(C)(C)C. The second-order valence-electron chi connectivity index (χ2n) is 5.31. The molecule has 4 nitrogen and oxygen atoms in total. The molecule has 1 rings (SSSR count). The molecule has 1 N–H and O–H groups in total. The minimum atomic E-state index is -0.273. The number of rotatable bonds is 3. The molecule has 1 aliphatic heterocycles. The summed E-state index contributed by atoms with van der Waals surface area (Å²) in [4.78, 5) is 24.8. The van der Waals surface area contributed by atoms with Crippen LogP contribution >= 0.6 is 0 Å². The van der Waals surface area contributed by atoms with Crippen molar-refractivity contribution in [2.24, 2.45) is 5.41 Å². The van der Waals surface area contributed by atoms with Gasteiger partial charge in [0.25, 0.3) is 0 Å². The summed E-state index contributed by atoms with van der Waals surface area (Å²) < 4.78 is 0. The third-order valence-electron chi connectivity index (χ3n) is 2.98. The molecule has 1 aliphatic rings. The van der Waals surface area contributed by atoms with Crippen molar-refractivity contribution in [1.29, 1.82) is 0 Å². The van der Waals surface area contributed by atoms with Gasteiger partial charge in [0.15, 0.2) is 0 Å². The zero-order chi connectivity index (χ0) is 12.3. The predicted molar refractivity (Wildman–Crippen MR) is 64.4 cm³/mol. The van der Waals surface area contributed by atoms with Crippen molar-refractivity contribution < 1.29 is 9.59 Å². The fraction of sp³-hybridized carbons (Fsp3) is 0.818. The molecule has 0 aromatic carbocycles. The van der Waals surface area contributed by atoms with E-state index in [2.05, 4.69) is 5.32 Å². The summed E-state index contributed by atoms with van der Waals surface area (Å²) in [6.07, 6.45) is 2.11. The molecule has 5 heteroatoms. The molecule has 0 aromatic heterocycles. The normalized spacial score (nSPS) is 22.8. The molecular weight excluding hydrogens is 203 g/mol. The second-order valence-corrected chi connectivity index (χ2v) is 5.31. The first-order valence-corrected chi connectivity index (χ1v) is 5.66. The monoisotopic (exact) mass is 223 g/mol. The van der Waals surface area contributed by atoms with Crippen LogP contribution in [0.5, 0.6) is 0 Å². The van der Waals surface area contributed by atoms with Gasteiger partial charge in [0.2, 0.25) is 5.91 Å². The fourth-order valence-corrected chi connectivity index (χ4v) is 2.12. The summed E-state index contributed by atoms with van der Waals surface area (Å²) in [5, 5.41) is 3.04. The zero-order valence-corrected chi connectivity index (χ0v) is 10.5. The number of aldehydes is 1. The number of hydrogen-bond acceptors (Lipinski definition) is 3. The highest BCUT2D eigenvalue weighted by atomic mass is 16.2. The Morgan fingerprint density at radius 1 is 1.56 bits per heavy atom. The van der Waals surface area contributed by atoms with E-state index in [1.807, 2.05) is 28.1 Å². The van der Waals surface area contributed by atoms with Gasteiger partial charge in [0.05, 0.1) is 12.1 Å². The number of likely N-dealkylation sites (N-methyl/N-ethyl adjacent to an activating group) is 1. The van der Waals surface area contributed by atoms with Crippen LogP contribution in [-0.2, 0) is 9.59 Å². The number of nitrogens with zero attached hydrogens (tertiary/aromatic N) is 1. The van der Waals surface area contributed by atoms with E-state index in [1.54, 1.807) is 11.9 Å². The van der Waals surface area contributed by atoms with E-state index in [1.165, 1.54) is 0 Å². The van der Waals surface area contributed by atoms with Gasteiger partial charge in [-0.2, -0.15) is 0 Å². The molecule has 0 spiro atoms. The van der Waals surface area contributed by atoms with Crippen LogP contribution in [0.15, 0.2) is 0 Å². The Kier molecular flexibility index (Phi) is 4.13. The summed E-state index contributed by atoms with van der Waals surface area (Å²) in [6, 6.07) is -0.521. The first kappa shape index (κ1) is 13.2. The quantitative estimate of drug-likeness (QED) is 0.545. The van der Waals surface area contributed by atoms with Gasteiger partial charge in [0.1, 0.15) is 13.6 Å². The van der Waals surface area contributed by atoms with Gasteiger partial charge < -0.3 is 15.0 Å². The van der Waals surface area contributed by atoms with E-state index in [0.717, 1.165) is 6.29 Å². The molecular formula is C11H20BN2O2. The Labute approximate surface area is 98.0 Å². The maximum Gasteiger partial charge on any atom is 0.240 e. The average Bonchev–Trinajstić information content (AvgIpc) is 2.63. The highest BCUT2D eigenvalue weighted by Gasteiger charge is 2.37. The standard InChI is InChI=1S/C11H20BN2O2/c1-11(2,3)9(13-4)10(16)14-7-12-5-8(14)6-15/h6,8-9,13H,5,7H2,1-4H3. The molecule has 2 unspecified atom stereocenters. The molecule has 1 radical (unpaired) electrons. The van der Waals surface area contributed by atoms with Gasteiger partial charge in [-0.3, -0.25) is 4.79 Å². The fourth-order valence-electron chi connectivity index (χ4n) is 2.12. The summed E-state index contributed by atoms with van der Waals surface area (Å²) >= 11 is 0. The number of nitrogens with one attached hydrogen (secondary N) is 1. The van der Waals surface area contributed by atoms with E-state index >= 15 is 0 Å². The van der Waals surface area contributed by atoms with Crippen molar-refractivity contribution >= 4 is 19.5 Å². The van der Waals surface area contributed by atoms with E-state index in [-0.39, 0.29) is 23.4 Å². The third kappa shape index (κ3) is 2.64. The van der Waals surface area contributed by atoms with E-state index in [0.29, 0.717) is 12.8 Å². The van der Waals surface area contributed by atoms with Crippen LogP contribution < -0.4 is 5.32 Å². The minimum absolute atomic E-state index is 0.0147. The Morgan fingerprint density at radius 2 is 2.19 bits per heavy atom. The van der Waals surface area contributed by atoms with E-state index < -0.39 is 0 Å². The van der Waals surface area contributed by atoms with Gasteiger partial charge in [-0.1, -0.05) is 27.1 Å². The van der Waals surface area contributed by atoms with E-state index in [9.17, 15) is 9.59 Å². The molecule has 0 aliphatic carbocycles. The van der Waals surface area contributed by atoms with Crippen LogP contribution in [0.2, 0.25) is 6.32 Å². The number of carbonyl (C=O) groups is 2. The zero-order valence-electron chi connectivity index (χ0n) is 10.5. The molecule has 0 bridgehead atoms. The molecule has 16 heavy (non-hydrogen) atoms. The van der Waals surface area contributed by atoms with Crippen molar-refractivity contribution in [2.45, 2.75) is 39.2 Å². The minimum Gasteiger partial charge on any atom is -0.341 e. The lowest BCUT2D eigenvalue weighted by Crippen LogP contribution is -2.53. The maximum atomic E-state index is 12.3. The lowest BCUT2D eigenvalue weighted by Gasteiger charge is -2.34. The Hall–Kier alpha value is -0.835. The average molecular weight is 223 g/mol. The van der Waals surface area contributed by atoms with Gasteiger partial charge >= 0.3 is 0 Å². The Balaban J connectivity index is 2.79. The van der Waals surface area contributed by atoms with Crippen LogP contribution in [0.4, 0.5) is 0 Å². The summed E-state index contributed by atoms with van der Waals surface area (Å²) in [6.45, 7) is 6.05. The summed E-state index contributed by atoms with van der Waals surface area (Å²) in [5.74, 6) is 0.0147. The van der Waals surface area contributed by atoms with Crippen molar-refractivity contribution in [3.63, 3.8) is 0 Å². The molecule has 89 valence electrons. The van der Waals surface area contributed by atoms with E-state index in [4.69, 9.17) is 0 Å². The molecule has 1 amide bonds. The number of hydrogen-bond donors (Lipinski definition) is 1. The molecule has 1 fully saturated rings.